The minimum Gasteiger partial charge on any atom is -0.497 e. The van der Waals surface area contributed by atoms with Gasteiger partial charge in [0, 0.05) is 41.2 Å². The zero-order valence-corrected chi connectivity index (χ0v) is 19.5. The van der Waals surface area contributed by atoms with Crippen LogP contribution in [0.1, 0.15) is 24.5 Å². The van der Waals surface area contributed by atoms with Crippen LogP contribution in [-0.4, -0.2) is 23.0 Å². The molecule has 35 heavy (non-hydrogen) atoms. The van der Waals surface area contributed by atoms with Gasteiger partial charge in [-0.25, -0.2) is 8.78 Å². The number of alkyl halides is 2. The number of benzene rings is 3. The monoisotopic (exact) mass is 473 g/mol. The van der Waals surface area contributed by atoms with Gasteiger partial charge in [0.25, 0.3) is 5.92 Å². The molecule has 0 fully saturated rings. The van der Waals surface area contributed by atoms with Gasteiger partial charge in [-0.2, -0.15) is 0 Å². The maximum absolute atomic E-state index is 13.8. The topological polar surface area (TPSA) is 64.1 Å². The number of rotatable bonds is 8. The molecule has 0 radical (unpaired) electrons. The van der Waals surface area contributed by atoms with Gasteiger partial charge in [0.1, 0.15) is 5.75 Å². The summed E-state index contributed by atoms with van der Waals surface area (Å²) in [6.07, 6.45) is 3.11. The second-order valence-corrected chi connectivity index (χ2v) is 8.04. The average molecular weight is 474 g/mol. The number of amides is 1. The zero-order valence-electron chi connectivity index (χ0n) is 19.5. The second kappa shape index (κ2) is 10.4. The highest BCUT2D eigenvalue weighted by atomic mass is 19.3. The van der Waals surface area contributed by atoms with Gasteiger partial charge in [0.05, 0.1) is 24.9 Å². The Balaban J connectivity index is 1.45. The molecule has 0 unspecified atom stereocenters. The van der Waals surface area contributed by atoms with E-state index in [-0.39, 0.29) is 24.3 Å². The Kier molecular flexibility index (Phi) is 7.15. The number of aromatic nitrogens is 2. The van der Waals surface area contributed by atoms with Gasteiger partial charge in [-0.3, -0.25) is 14.8 Å². The van der Waals surface area contributed by atoms with Crippen LogP contribution in [0.15, 0.2) is 85.2 Å². The van der Waals surface area contributed by atoms with E-state index in [0.29, 0.717) is 11.3 Å². The molecule has 0 atom stereocenters. The smallest absolute Gasteiger partial charge is 0.273 e. The summed E-state index contributed by atoms with van der Waals surface area (Å²) in [7, 11) is 1.62. The second-order valence-electron chi connectivity index (χ2n) is 8.04. The van der Waals surface area contributed by atoms with Crippen LogP contribution in [0.5, 0.6) is 5.75 Å². The summed E-state index contributed by atoms with van der Waals surface area (Å²) in [6.45, 7) is 1.44. The lowest BCUT2D eigenvalue weighted by Crippen LogP contribution is -2.15. The summed E-state index contributed by atoms with van der Waals surface area (Å²) >= 11 is 0. The minimum atomic E-state index is -2.86. The van der Waals surface area contributed by atoms with E-state index in [4.69, 9.17) is 4.74 Å². The van der Waals surface area contributed by atoms with Crippen molar-refractivity contribution in [3.05, 3.63) is 96.3 Å². The maximum atomic E-state index is 13.8. The molecule has 0 spiro atoms. The van der Waals surface area contributed by atoms with Crippen LogP contribution in [-0.2, 0) is 17.1 Å². The number of nitrogens with zero attached hydrogens (tertiary/aromatic N) is 2. The summed E-state index contributed by atoms with van der Waals surface area (Å²) in [5.41, 5.74) is 4.48. The fourth-order valence-corrected chi connectivity index (χ4v) is 3.68. The minimum absolute atomic E-state index is 0.0437. The third-order valence-corrected chi connectivity index (χ3v) is 5.69. The molecule has 178 valence electrons. The Hall–Kier alpha value is -4.13. The molecule has 5 nitrogen and oxygen atoms in total. The first-order chi connectivity index (χ1) is 16.9. The average Bonchev–Trinajstić information content (AvgIpc) is 2.89. The Labute approximate surface area is 202 Å². The maximum Gasteiger partial charge on any atom is 0.273 e. The summed E-state index contributed by atoms with van der Waals surface area (Å²) in [5, 5.41) is 2.85. The van der Waals surface area contributed by atoms with Crippen molar-refractivity contribution in [2.45, 2.75) is 25.7 Å². The van der Waals surface area contributed by atoms with Crippen molar-refractivity contribution in [2.24, 2.45) is 0 Å². The Morgan fingerprint density at radius 1 is 0.857 bits per heavy atom. The molecule has 1 amide bonds. The number of anilines is 1. The molecule has 3 aromatic carbocycles. The molecule has 1 aromatic heterocycles. The normalized spacial score (nSPS) is 11.2. The Morgan fingerprint density at radius 2 is 1.40 bits per heavy atom. The first kappa shape index (κ1) is 24.0. The third-order valence-electron chi connectivity index (χ3n) is 5.69. The summed E-state index contributed by atoms with van der Waals surface area (Å²) < 4.78 is 32.8. The summed E-state index contributed by atoms with van der Waals surface area (Å²) in [6, 6.07) is 20.8. The van der Waals surface area contributed by atoms with E-state index in [1.165, 1.54) is 19.1 Å². The molecule has 0 aliphatic carbocycles. The molecule has 4 aromatic rings. The molecule has 7 heteroatoms. The Morgan fingerprint density at radius 3 is 1.91 bits per heavy atom. The number of carbonyl (C=O) groups excluding carboxylic acids is 1. The van der Waals surface area contributed by atoms with Crippen molar-refractivity contribution in [3.8, 4) is 28.3 Å². The quantitative estimate of drug-likeness (QED) is 0.317. The molecule has 0 saturated carbocycles. The van der Waals surface area contributed by atoms with Crippen molar-refractivity contribution in [2.75, 3.05) is 12.4 Å². The zero-order chi connectivity index (χ0) is 24.8. The number of halogens is 2. The number of hydrogen-bond donors (Lipinski definition) is 1. The summed E-state index contributed by atoms with van der Waals surface area (Å²) in [5.74, 6) is -2.33. The van der Waals surface area contributed by atoms with E-state index in [9.17, 15) is 13.6 Å². The molecule has 4 rings (SSSR count). The van der Waals surface area contributed by atoms with Crippen LogP contribution in [0.3, 0.4) is 0 Å². The van der Waals surface area contributed by atoms with Gasteiger partial charge >= 0.3 is 0 Å². The number of carbonyl (C=O) groups is 1. The van der Waals surface area contributed by atoms with Crippen molar-refractivity contribution in [3.63, 3.8) is 0 Å². The van der Waals surface area contributed by atoms with Crippen LogP contribution >= 0.6 is 0 Å². The largest absolute Gasteiger partial charge is 0.497 e. The van der Waals surface area contributed by atoms with Crippen molar-refractivity contribution >= 4 is 11.6 Å². The fourth-order valence-electron chi connectivity index (χ4n) is 3.68. The third kappa shape index (κ3) is 5.69. The predicted octanol–water partition coefficient (Wildman–Crippen LogP) is 6.50. The number of nitrogens with one attached hydrogen (secondary N) is 1. The van der Waals surface area contributed by atoms with Gasteiger partial charge in [0.15, 0.2) is 0 Å². The fraction of sp³-hybridized carbons (Fsp3) is 0.179. The van der Waals surface area contributed by atoms with Crippen LogP contribution in [0, 0.1) is 0 Å². The molecule has 1 N–H and O–H groups in total. The molecule has 0 aliphatic heterocycles. The molecule has 0 bridgehead atoms. The molecular weight excluding hydrogens is 448 g/mol. The van der Waals surface area contributed by atoms with Crippen molar-refractivity contribution < 1.29 is 18.3 Å². The van der Waals surface area contributed by atoms with E-state index < -0.39 is 5.92 Å². The van der Waals surface area contributed by atoms with E-state index in [0.717, 1.165) is 28.3 Å². The lowest BCUT2D eigenvalue weighted by Gasteiger charge is -2.14. The van der Waals surface area contributed by atoms with Crippen LogP contribution < -0.4 is 10.1 Å². The first-order valence-corrected chi connectivity index (χ1v) is 11.2. The SMILES string of the molecule is CCC(F)(F)c1ccc(CC(=O)Nc2ccc(-c3nccnc3-c3ccc(OC)cc3)cc2)cc1. The van der Waals surface area contributed by atoms with E-state index in [1.54, 1.807) is 43.8 Å². The summed E-state index contributed by atoms with van der Waals surface area (Å²) in [4.78, 5) is 21.5. The Bertz CT molecular complexity index is 1290. The van der Waals surface area contributed by atoms with Gasteiger partial charge in [-0.1, -0.05) is 43.3 Å². The van der Waals surface area contributed by atoms with Crippen LogP contribution in [0.25, 0.3) is 22.5 Å². The lowest BCUT2D eigenvalue weighted by molar-refractivity contribution is -0.115. The van der Waals surface area contributed by atoms with Gasteiger partial charge in [0.2, 0.25) is 5.91 Å². The van der Waals surface area contributed by atoms with E-state index >= 15 is 0 Å². The van der Waals surface area contributed by atoms with Gasteiger partial charge in [-0.05, 0) is 42.0 Å². The molecule has 0 aliphatic rings. The lowest BCUT2D eigenvalue weighted by atomic mass is 10.0. The highest BCUT2D eigenvalue weighted by Crippen LogP contribution is 2.32. The number of methoxy groups -OCH3 is 1. The number of hydrogen-bond acceptors (Lipinski definition) is 4. The van der Waals surface area contributed by atoms with E-state index in [2.05, 4.69) is 15.3 Å². The standard InChI is InChI=1S/C28H25F2N3O2/c1-3-28(29,30)22-10-4-19(5-11-22)18-25(34)33-23-12-6-20(7-13-23)26-27(32-17-16-31-26)21-8-14-24(35-2)15-9-21/h4-17H,3,18H2,1-2H3,(H,33,34). The highest BCUT2D eigenvalue weighted by molar-refractivity contribution is 5.92. The predicted molar refractivity (Wildman–Crippen MR) is 132 cm³/mol. The number of ether oxygens (including phenoxy) is 1. The highest BCUT2D eigenvalue weighted by Gasteiger charge is 2.28. The van der Waals surface area contributed by atoms with Crippen molar-refractivity contribution in [1.82, 2.24) is 9.97 Å². The van der Waals surface area contributed by atoms with Gasteiger partial charge < -0.3 is 10.1 Å². The van der Waals surface area contributed by atoms with Crippen molar-refractivity contribution in [1.29, 1.82) is 0 Å². The first-order valence-electron chi connectivity index (χ1n) is 11.2. The van der Waals surface area contributed by atoms with Gasteiger partial charge in [-0.15, -0.1) is 0 Å². The van der Waals surface area contributed by atoms with Crippen LogP contribution in [0.2, 0.25) is 0 Å². The van der Waals surface area contributed by atoms with E-state index in [1.807, 2.05) is 36.4 Å². The molecular formula is C28H25F2N3O2. The molecule has 0 saturated heterocycles. The molecule has 1 heterocycles. The van der Waals surface area contributed by atoms with Crippen LogP contribution in [0.4, 0.5) is 14.5 Å².